The molecule has 1 aliphatic carbocycles. The predicted molar refractivity (Wildman–Crippen MR) is 74.8 cm³/mol. The molecule has 1 heterocycles. The van der Waals surface area contributed by atoms with Crippen molar-refractivity contribution in [1.29, 1.82) is 0 Å². The Morgan fingerprint density at radius 3 is 2.33 bits per heavy atom. The molecule has 0 atom stereocenters. The van der Waals surface area contributed by atoms with Crippen molar-refractivity contribution in [2.24, 2.45) is 0 Å². The minimum Gasteiger partial charge on any atom is -0.480 e. The Hall–Kier alpha value is -1.83. The zero-order chi connectivity index (χ0) is 15.3. The van der Waals surface area contributed by atoms with Crippen LogP contribution in [0.5, 0.6) is 0 Å². The summed E-state index contributed by atoms with van der Waals surface area (Å²) < 4.78 is 0. The Bertz CT molecular complexity index is 414. The van der Waals surface area contributed by atoms with Crippen LogP contribution in [0.4, 0.5) is 4.79 Å². The molecule has 0 bridgehead atoms. The van der Waals surface area contributed by atoms with Gasteiger partial charge in [0.15, 0.2) is 0 Å². The summed E-state index contributed by atoms with van der Waals surface area (Å²) in [6.45, 7) is 2.64. The summed E-state index contributed by atoms with van der Waals surface area (Å²) in [7, 11) is 0. The second-order valence-corrected chi connectivity index (χ2v) is 5.53. The van der Waals surface area contributed by atoms with Gasteiger partial charge in [0.1, 0.15) is 5.54 Å². The second-order valence-electron chi connectivity index (χ2n) is 5.53. The fourth-order valence-corrected chi connectivity index (χ4v) is 2.81. The normalized spacial score (nSPS) is 20.9. The highest BCUT2D eigenvalue weighted by molar-refractivity contribution is 5.89. The quantitative estimate of drug-likeness (QED) is 0.538. The molecule has 1 saturated carbocycles. The van der Waals surface area contributed by atoms with Crippen LogP contribution in [0.2, 0.25) is 0 Å². The van der Waals surface area contributed by atoms with Crippen LogP contribution in [0.25, 0.3) is 0 Å². The van der Waals surface area contributed by atoms with Crippen molar-refractivity contribution < 1.29 is 19.5 Å². The Kier molecular flexibility index (Phi) is 5.00. The lowest BCUT2D eigenvalue weighted by molar-refractivity contribution is -0.144. The molecule has 4 N–H and O–H groups in total. The lowest BCUT2D eigenvalue weighted by Gasteiger charge is -2.28. The lowest BCUT2D eigenvalue weighted by atomic mass is 9.98. The molecule has 2 rings (SSSR count). The maximum atomic E-state index is 11.9. The molecule has 8 heteroatoms. The zero-order valence-corrected chi connectivity index (χ0v) is 12.0. The number of hydrogen-bond donors (Lipinski definition) is 4. The summed E-state index contributed by atoms with van der Waals surface area (Å²) >= 11 is 0. The molecule has 3 amide bonds. The summed E-state index contributed by atoms with van der Waals surface area (Å²) in [5.74, 6) is -1.16. The van der Waals surface area contributed by atoms with Crippen molar-refractivity contribution in [3.05, 3.63) is 0 Å². The van der Waals surface area contributed by atoms with E-state index in [9.17, 15) is 19.5 Å². The van der Waals surface area contributed by atoms with Crippen LogP contribution in [0.15, 0.2) is 0 Å². The summed E-state index contributed by atoms with van der Waals surface area (Å²) in [4.78, 5) is 36.7. The van der Waals surface area contributed by atoms with Crippen molar-refractivity contribution >= 4 is 17.9 Å². The average molecular weight is 298 g/mol. The van der Waals surface area contributed by atoms with E-state index in [2.05, 4.69) is 16.0 Å². The Balaban J connectivity index is 1.78. The number of hydrogen-bond acceptors (Lipinski definition) is 4. The topological polar surface area (TPSA) is 111 Å². The van der Waals surface area contributed by atoms with Gasteiger partial charge < -0.3 is 26.0 Å². The number of aliphatic carboxylic acids is 1. The number of nitrogens with one attached hydrogen (secondary N) is 3. The maximum Gasteiger partial charge on any atom is 0.329 e. The van der Waals surface area contributed by atoms with Crippen LogP contribution < -0.4 is 16.0 Å². The summed E-state index contributed by atoms with van der Waals surface area (Å²) in [5, 5.41) is 17.4. The highest BCUT2D eigenvalue weighted by Gasteiger charge is 2.42. The molecular formula is C13H22N4O4. The molecule has 21 heavy (non-hydrogen) atoms. The van der Waals surface area contributed by atoms with Crippen LogP contribution in [0, 0.1) is 0 Å². The number of urea groups is 1. The number of carbonyl (C=O) groups excluding carboxylic acids is 2. The molecule has 0 aromatic heterocycles. The van der Waals surface area contributed by atoms with Crippen LogP contribution in [0.1, 0.15) is 25.7 Å². The van der Waals surface area contributed by atoms with Gasteiger partial charge in [-0.15, -0.1) is 0 Å². The number of carbonyl (C=O) groups is 3. The Morgan fingerprint density at radius 2 is 1.76 bits per heavy atom. The van der Waals surface area contributed by atoms with Crippen molar-refractivity contribution in [2.75, 3.05) is 32.7 Å². The lowest BCUT2D eigenvalue weighted by Crippen LogP contribution is -2.57. The standard InChI is InChI=1S/C13H22N4O4/c18-10(17-7-5-14-6-8-17)9-15-12(21)16-13(11(19)20)3-1-2-4-13/h14H,1-9H2,(H,19,20)(H2,15,16,21). The van der Waals surface area contributed by atoms with E-state index in [4.69, 9.17) is 0 Å². The molecule has 1 saturated heterocycles. The molecule has 8 nitrogen and oxygen atoms in total. The van der Waals surface area contributed by atoms with Gasteiger partial charge >= 0.3 is 12.0 Å². The molecule has 2 aliphatic rings. The first-order chi connectivity index (χ1) is 10.0. The van der Waals surface area contributed by atoms with E-state index in [0.717, 1.165) is 25.9 Å². The maximum absolute atomic E-state index is 11.9. The highest BCUT2D eigenvalue weighted by atomic mass is 16.4. The van der Waals surface area contributed by atoms with Gasteiger partial charge in [0, 0.05) is 26.2 Å². The number of carboxylic acids is 1. The van der Waals surface area contributed by atoms with Gasteiger partial charge in [-0.05, 0) is 12.8 Å². The minimum atomic E-state index is -1.18. The van der Waals surface area contributed by atoms with E-state index in [-0.39, 0.29) is 12.5 Å². The highest BCUT2D eigenvalue weighted by Crippen LogP contribution is 2.29. The van der Waals surface area contributed by atoms with Crippen LogP contribution in [-0.4, -0.2) is 66.2 Å². The molecule has 0 unspecified atom stereocenters. The van der Waals surface area contributed by atoms with Crippen molar-refractivity contribution in [3.8, 4) is 0 Å². The van der Waals surface area contributed by atoms with Gasteiger partial charge in [0.2, 0.25) is 5.91 Å². The first-order valence-corrected chi connectivity index (χ1v) is 7.31. The number of piperazine rings is 1. The van der Waals surface area contributed by atoms with Crippen molar-refractivity contribution in [3.63, 3.8) is 0 Å². The Labute approximate surface area is 123 Å². The van der Waals surface area contributed by atoms with Gasteiger partial charge in [-0.3, -0.25) is 4.79 Å². The number of carboxylic acid groups (broad SMARTS) is 1. The second kappa shape index (κ2) is 6.75. The molecule has 0 aromatic carbocycles. The van der Waals surface area contributed by atoms with Gasteiger partial charge in [-0.1, -0.05) is 12.8 Å². The smallest absolute Gasteiger partial charge is 0.329 e. The van der Waals surface area contributed by atoms with E-state index >= 15 is 0 Å². The first kappa shape index (κ1) is 15.6. The number of nitrogens with zero attached hydrogens (tertiary/aromatic N) is 1. The largest absolute Gasteiger partial charge is 0.480 e. The van der Waals surface area contributed by atoms with E-state index in [1.54, 1.807) is 4.90 Å². The molecule has 0 aromatic rings. The van der Waals surface area contributed by atoms with Crippen molar-refractivity contribution in [2.45, 2.75) is 31.2 Å². The third-order valence-corrected chi connectivity index (χ3v) is 4.09. The third kappa shape index (κ3) is 3.84. The summed E-state index contributed by atoms with van der Waals surface area (Å²) in [6.07, 6.45) is 2.43. The van der Waals surface area contributed by atoms with Crippen LogP contribution in [-0.2, 0) is 9.59 Å². The van der Waals surface area contributed by atoms with Gasteiger partial charge in [0.25, 0.3) is 0 Å². The van der Waals surface area contributed by atoms with E-state index in [1.165, 1.54) is 0 Å². The summed E-state index contributed by atoms with van der Waals surface area (Å²) in [5.41, 5.74) is -1.18. The number of rotatable bonds is 4. The van der Waals surface area contributed by atoms with E-state index in [0.29, 0.717) is 25.9 Å². The SMILES string of the molecule is O=C(NCC(=O)N1CCNCC1)NC1(C(=O)O)CCCC1. The summed E-state index contributed by atoms with van der Waals surface area (Å²) in [6, 6.07) is -0.595. The monoisotopic (exact) mass is 298 g/mol. The molecule has 0 radical (unpaired) electrons. The third-order valence-electron chi connectivity index (χ3n) is 4.09. The molecule has 118 valence electrons. The molecule has 0 spiro atoms. The molecule has 1 aliphatic heterocycles. The Morgan fingerprint density at radius 1 is 1.14 bits per heavy atom. The van der Waals surface area contributed by atoms with E-state index in [1.807, 2.05) is 0 Å². The fourth-order valence-electron chi connectivity index (χ4n) is 2.81. The van der Waals surface area contributed by atoms with Gasteiger partial charge in [0.05, 0.1) is 6.54 Å². The first-order valence-electron chi connectivity index (χ1n) is 7.31. The van der Waals surface area contributed by atoms with E-state index < -0.39 is 17.5 Å². The average Bonchev–Trinajstić information content (AvgIpc) is 2.95. The minimum absolute atomic E-state index is 0.110. The van der Waals surface area contributed by atoms with Crippen LogP contribution >= 0.6 is 0 Å². The number of amides is 3. The van der Waals surface area contributed by atoms with Crippen LogP contribution in [0.3, 0.4) is 0 Å². The van der Waals surface area contributed by atoms with Crippen molar-refractivity contribution in [1.82, 2.24) is 20.9 Å². The fraction of sp³-hybridized carbons (Fsp3) is 0.769. The predicted octanol–water partition coefficient (Wildman–Crippen LogP) is -0.885. The van der Waals surface area contributed by atoms with Gasteiger partial charge in [-0.2, -0.15) is 0 Å². The zero-order valence-electron chi connectivity index (χ0n) is 12.0. The molecular weight excluding hydrogens is 276 g/mol. The van der Waals surface area contributed by atoms with Gasteiger partial charge in [-0.25, -0.2) is 9.59 Å². The molecule has 2 fully saturated rings.